The quantitative estimate of drug-likeness (QED) is 0.0209. The highest BCUT2D eigenvalue weighted by Gasteiger charge is 2.21. The van der Waals surface area contributed by atoms with E-state index in [2.05, 4.69) is 0 Å². The van der Waals surface area contributed by atoms with Gasteiger partial charge in [0.05, 0.1) is 13.2 Å². The average molecular weight is 1190 g/mol. The Kier molecular flexibility index (Phi) is 26.1. The fourth-order valence-electron chi connectivity index (χ4n) is 9.62. The standard InChI is InChI=1S/C72H76N2O14/c75-61(49-85-65-31-23-57(24-32-65)69(79)53-15-5-1-6-16-53)45-73(46-62(76)50-86-66-33-25-58(26-34-66)70(80)54-17-7-2-8-18-54)39-13-41-83-43-44-84-42-14-40-74(47-63(77)51-87-67-35-27-59(28-36-67)71(81)55-19-9-3-10-20-55)48-64(78)52-88-68-37-29-60(30-38-68)72(82)56-21-11-4-12-22-56/h1-12,15-38,61-64,75-78H,13-14,39-52H2. The summed E-state index contributed by atoms with van der Waals surface area (Å²) in [6, 6.07) is 63.1. The Morgan fingerprint density at radius 1 is 0.284 bits per heavy atom. The Morgan fingerprint density at radius 3 is 0.705 bits per heavy atom. The largest absolute Gasteiger partial charge is 0.491 e. The van der Waals surface area contributed by atoms with Gasteiger partial charge in [-0.05, 0) is 110 Å². The highest BCUT2D eigenvalue weighted by atomic mass is 16.5. The fourth-order valence-corrected chi connectivity index (χ4v) is 9.62. The van der Waals surface area contributed by atoms with E-state index >= 15 is 0 Å². The van der Waals surface area contributed by atoms with Gasteiger partial charge in [0, 0.05) is 97.0 Å². The van der Waals surface area contributed by atoms with Gasteiger partial charge in [0.15, 0.2) is 23.1 Å². The molecule has 0 aromatic heterocycles. The zero-order valence-corrected chi connectivity index (χ0v) is 49.2. The maximum absolute atomic E-state index is 12.9. The minimum atomic E-state index is -0.933. The number of carbonyl (C=O) groups is 4. The lowest BCUT2D eigenvalue weighted by Gasteiger charge is -2.27. The lowest BCUT2D eigenvalue weighted by atomic mass is 10.0. The van der Waals surface area contributed by atoms with Gasteiger partial charge in [-0.25, -0.2) is 0 Å². The van der Waals surface area contributed by atoms with Crippen molar-refractivity contribution in [2.75, 3.05) is 92.1 Å². The van der Waals surface area contributed by atoms with Gasteiger partial charge in [-0.2, -0.15) is 0 Å². The van der Waals surface area contributed by atoms with Crippen molar-refractivity contribution in [3.05, 3.63) is 263 Å². The number of hydrogen-bond acceptors (Lipinski definition) is 16. The highest BCUT2D eigenvalue weighted by molar-refractivity contribution is 6.10. The summed E-state index contributed by atoms with van der Waals surface area (Å²) in [5.41, 5.74) is 4.38. The van der Waals surface area contributed by atoms with Gasteiger partial charge in [-0.1, -0.05) is 121 Å². The van der Waals surface area contributed by atoms with Gasteiger partial charge >= 0.3 is 0 Å². The molecule has 0 bridgehead atoms. The Bertz CT molecular complexity index is 2900. The molecular weight excluding hydrogens is 1120 g/mol. The smallest absolute Gasteiger partial charge is 0.193 e. The summed E-state index contributed by atoms with van der Waals surface area (Å²) in [7, 11) is 0. The molecule has 8 aromatic rings. The Labute approximate surface area is 514 Å². The van der Waals surface area contributed by atoms with E-state index in [0.717, 1.165) is 0 Å². The van der Waals surface area contributed by atoms with Crippen LogP contribution in [0.3, 0.4) is 0 Å². The number of carbonyl (C=O) groups excluding carboxylic acids is 4. The van der Waals surface area contributed by atoms with E-state index in [9.17, 15) is 39.6 Å². The van der Waals surface area contributed by atoms with Crippen molar-refractivity contribution in [1.82, 2.24) is 9.80 Å². The number of ether oxygens (including phenoxy) is 6. The summed E-state index contributed by atoms with van der Waals surface area (Å²) in [5.74, 6) is 1.54. The van der Waals surface area contributed by atoms with Gasteiger partial charge in [-0.15, -0.1) is 0 Å². The van der Waals surface area contributed by atoms with Gasteiger partial charge in [0.1, 0.15) is 73.8 Å². The predicted molar refractivity (Wildman–Crippen MR) is 335 cm³/mol. The number of ketones is 4. The molecule has 0 aliphatic heterocycles. The van der Waals surface area contributed by atoms with Crippen LogP contribution < -0.4 is 18.9 Å². The molecule has 0 radical (unpaired) electrons. The molecule has 88 heavy (non-hydrogen) atoms. The second-order valence-corrected chi connectivity index (χ2v) is 21.2. The van der Waals surface area contributed by atoms with Crippen molar-refractivity contribution in [3.63, 3.8) is 0 Å². The van der Waals surface area contributed by atoms with E-state index in [1.54, 1.807) is 146 Å². The summed E-state index contributed by atoms with van der Waals surface area (Å²) < 4.78 is 35.5. The minimum Gasteiger partial charge on any atom is -0.491 e. The van der Waals surface area contributed by atoms with E-state index in [-0.39, 0.29) is 75.7 Å². The van der Waals surface area contributed by atoms with E-state index in [1.807, 2.05) is 82.6 Å². The van der Waals surface area contributed by atoms with Crippen molar-refractivity contribution in [2.24, 2.45) is 0 Å². The molecule has 0 saturated heterocycles. The van der Waals surface area contributed by atoms with Gasteiger partial charge in [0.25, 0.3) is 0 Å². The minimum absolute atomic E-state index is 0.0371. The number of hydrogen-bond donors (Lipinski definition) is 4. The van der Waals surface area contributed by atoms with Crippen LogP contribution in [0, 0.1) is 0 Å². The molecule has 4 N–H and O–H groups in total. The Morgan fingerprint density at radius 2 is 0.489 bits per heavy atom. The van der Waals surface area contributed by atoms with Crippen LogP contribution in [0.2, 0.25) is 0 Å². The van der Waals surface area contributed by atoms with E-state index in [4.69, 9.17) is 28.4 Å². The number of benzene rings is 8. The molecule has 0 fully saturated rings. The van der Waals surface area contributed by atoms with Crippen molar-refractivity contribution in [3.8, 4) is 23.0 Å². The van der Waals surface area contributed by atoms with Crippen LogP contribution in [0.25, 0.3) is 0 Å². The zero-order valence-electron chi connectivity index (χ0n) is 49.2. The molecule has 0 aliphatic rings. The summed E-state index contributed by atoms with van der Waals surface area (Å²) in [4.78, 5) is 55.5. The lowest BCUT2D eigenvalue weighted by Crippen LogP contribution is -2.42. The molecule has 0 aliphatic carbocycles. The third-order valence-corrected chi connectivity index (χ3v) is 14.2. The topological polar surface area (TPSA) is 211 Å². The van der Waals surface area contributed by atoms with Crippen molar-refractivity contribution in [1.29, 1.82) is 0 Å². The molecule has 16 nitrogen and oxygen atoms in total. The highest BCUT2D eigenvalue weighted by Crippen LogP contribution is 2.21. The Balaban J connectivity index is 0.780. The molecule has 4 unspecified atom stereocenters. The second kappa shape index (κ2) is 35.2. The van der Waals surface area contributed by atoms with Crippen molar-refractivity contribution in [2.45, 2.75) is 37.3 Å². The summed E-state index contributed by atoms with van der Waals surface area (Å²) in [6.45, 7) is 2.86. The van der Waals surface area contributed by atoms with Gasteiger partial charge in [-0.3, -0.25) is 29.0 Å². The van der Waals surface area contributed by atoms with Gasteiger partial charge < -0.3 is 48.8 Å². The molecule has 0 saturated carbocycles. The normalized spacial score (nSPS) is 12.7. The molecular formula is C72H76N2O14. The number of aliphatic hydroxyl groups is 4. The molecule has 8 aromatic carbocycles. The number of rotatable bonds is 39. The van der Waals surface area contributed by atoms with Crippen LogP contribution in [0.4, 0.5) is 0 Å². The maximum atomic E-state index is 12.9. The first-order valence-electron chi connectivity index (χ1n) is 29.6. The lowest BCUT2D eigenvalue weighted by molar-refractivity contribution is 0.0155. The van der Waals surface area contributed by atoms with Crippen LogP contribution in [-0.4, -0.2) is 170 Å². The Hall–Kier alpha value is -8.68. The van der Waals surface area contributed by atoms with Crippen molar-refractivity contribution < 1.29 is 68.0 Å². The van der Waals surface area contributed by atoms with Crippen LogP contribution in [-0.2, 0) is 9.47 Å². The molecule has 0 spiro atoms. The molecule has 4 atom stereocenters. The molecule has 8 rings (SSSR count). The van der Waals surface area contributed by atoms with E-state index in [1.165, 1.54) is 0 Å². The van der Waals surface area contributed by atoms with Crippen LogP contribution in [0.15, 0.2) is 218 Å². The van der Waals surface area contributed by atoms with Crippen molar-refractivity contribution >= 4 is 23.1 Å². The van der Waals surface area contributed by atoms with Crippen LogP contribution in [0.1, 0.15) is 76.5 Å². The number of aliphatic hydroxyl groups excluding tert-OH is 4. The first kappa shape index (κ1) is 65.3. The summed E-state index contributed by atoms with van der Waals surface area (Å²) >= 11 is 0. The fraction of sp³-hybridized carbons (Fsp3) is 0.278. The monoisotopic (exact) mass is 1190 g/mol. The third-order valence-electron chi connectivity index (χ3n) is 14.2. The second-order valence-electron chi connectivity index (χ2n) is 21.2. The first-order valence-corrected chi connectivity index (χ1v) is 29.6. The summed E-state index contributed by atoms with van der Waals surface area (Å²) in [6.07, 6.45) is -2.59. The molecule has 16 heteroatoms. The molecule has 0 amide bonds. The average Bonchev–Trinajstić information content (AvgIpc) is 3.77. The van der Waals surface area contributed by atoms with Crippen LogP contribution >= 0.6 is 0 Å². The zero-order chi connectivity index (χ0) is 61.7. The first-order chi connectivity index (χ1) is 42.9. The number of nitrogens with zero attached hydrogens (tertiary/aromatic N) is 2. The van der Waals surface area contributed by atoms with Crippen LogP contribution in [0.5, 0.6) is 23.0 Å². The predicted octanol–water partition coefficient (Wildman–Crippen LogP) is 9.09. The van der Waals surface area contributed by atoms with E-state index < -0.39 is 24.4 Å². The summed E-state index contributed by atoms with van der Waals surface area (Å²) in [5, 5.41) is 44.7. The van der Waals surface area contributed by atoms with Gasteiger partial charge in [0.2, 0.25) is 0 Å². The molecule has 0 heterocycles. The van der Waals surface area contributed by atoms with E-state index in [0.29, 0.717) is 120 Å². The third kappa shape index (κ3) is 21.6. The SMILES string of the molecule is O=C(c1ccccc1)c1ccc(OCC(O)CN(CCCOCCOCCCN(CC(O)COc2ccc(C(=O)c3ccccc3)cc2)CC(O)COc2ccc(C(=O)c3ccccc3)cc2)CC(O)COc2ccc(C(=O)c3ccccc3)cc2)cc1. The maximum Gasteiger partial charge on any atom is 0.193 e. The molecule has 458 valence electrons.